The van der Waals surface area contributed by atoms with Crippen LogP contribution in [0.1, 0.15) is 73.5 Å². The molecule has 4 fully saturated rings. The molecule has 4 aliphatic rings. The second-order valence-electron chi connectivity index (χ2n) is 15.6. The van der Waals surface area contributed by atoms with E-state index < -0.39 is 58.8 Å². The molecule has 4 aliphatic heterocycles. The molecule has 2 amide bonds. The smallest absolute Gasteiger partial charge is 0.427 e. The normalized spacial score (nSPS) is 24.0. The van der Waals surface area contributed by atoms with Crippen molar-refractivity contribution in [2.45, 2.75) is 95.0 Å². The number of carbonyl (C=O) groups excluding carboxylic acids is 3. The van der Waals surface area contributed by atoms with Gasteiger partial charge in [0.05, 0.1) is 11.1 Å². The summed E-state index contributed by atoms with van der Waals surface area (Å²) in [6, 6.07) is 9.66. The van der Waals surface area contributed by atoms with Gasteiger partial charge in [0.1, 0.15) is 11.6 Å². The number of hydrogen-bond acceptors (Lipinski definition) is 8. The first-order valence-electron chi connectivity index (χ1n) is 18.4. The Morgan fingerprint density at radius 2 is 1.35 bits per heavy atom. The van der Waals surface area contributed by atoms with E-state index in [9.17, 15) is 40.7 Å². The highest BCUT2D eigenvalue weighted by atomic mass is 19.4. The van der Waals surface area contributed by atoms with Crippen LogP contribution in [0.2, 0.25) is 0 Å². The summed E-state index contributed by atoms with van der Waals surface area (Å²) in [5.74, 6) is -0.923. The number of hydrogen-bond donors (Lipinski definition) is 0. The molecule has 0 aromatic heterocycles. The van der Waals surface area contributed by atoms with Crippen LogP contribution in [0.5, 0.6) is 0 Å². The molecule has 6 rings (SSSR count). The lowest BCUT2D eigenvalue weighted by Gasteiger charge is -2.51. The van der Waals surface area contributed by atoms with E-state index in [1.165, 1.54) is 9.96 Å². The molecule has 2 aromatic carbocycles. The van der Waals surface area contributed by atoms with E-state index in [1.807, 2.05) is 30.3 Å². The van der Waals surface area contributed by atoms with Crippen molar-refractivity contribution >= 4 is 18.0 Å². The van der Waals surface area contributed by atoms with Gasteiger partial charge in [-0.3, -0.25) is 19.4 Å². The number of piperidine rings is 1. The molecule has 0 aliphatic carbocycles. The molecule has 4 heterocycles. The highest BCUT2D eigenvalue weighted by Gasteiger charge is 2.44. The van der Waals surface area contributed by atoms with Gasteiger partial charge in [0, 0.05) is 76.0 Å². The molecule has 0 unspecified atom stereocenters. The third kappa shape index (κ3) is 9.48. The molecule has 0 radical (unpaired) electrons. The van der Waals surface area contributed by atoms with Crippen LogP contribution in [-0.4, -0.2) is 125 Å². The summed E-state index contributed by atoms with van der Waals surface area (Å²) in [5, 5.41) is 1.42. The van der Waals surface area contributed by atoms with Crippen molar-refractivity contribution in [3.05, 3.63) is 70.8 Å². The first-order valence-corrected chi connectivity index (χ1v) is 18.4. The summed E-state index contributed by atoms with van der Waals surface area (Å²) in [7, 11) is 0. The van der Waals surface area contributed by atoms with Crippen LogP contribution < -0.4 is 0 Å². The van der Waals surface area contributed by atoms with Crippen LogP contribution in [0.25, 0.3) is 0 Å². The standard InChI is InChI=1S/C38H47F6N5O5/c1-36(2,3)53-35(52)54-49-12-7-10-32(49)34(51)47-23-31(24-47)46-16-14-45(15-17-46)29-11-13-48(30(22-29)18-25-8-5-4-6-9-25)33(50)26-19-27(37(39,40)41)21-28(20-26)38(42,43)44/h4-6,8-9,19-21,29-32H,7,10-18,22-24H2,1-3H3/t29-,30+,32+/m0/s1. The number of likely N-dealkylation sites (tertiary alicyclic amines) is 2. The Balaban J connectivity index is 1.06. The Hall–Kier alpha value is -3.89. The van der Waals surface area contributed by atoms with Gasteiger partial charge in [-0.2, -0.15) is 26.3 Å². The molecule has 3 atom stereocenters. The van der Waals surface area contributed by atoms with Crippen molar-refractivity contribution in [2.24, 2.45) is 0 Å². The predicted octanol–water partition coefficient (Wildman–Crippen LogP) is 6.10. The molecule has 0 saturated carbocycles. The summed E-state index contributed by atoms with van der Waals surface area (Å²) in [4.78, 5) is 52.7. The molecule has 296 valence electrons. The Morgan fingerprint density at radius 1 is 0.759 bits per heavy atom. The molecule has 0 bridgehead atoms. The lowest BCUT2D eigenvalue weighted by molar-refractivity contribution is -0.173. The molecule has 4 saturated heterocycles. The molecule has 2 aromatic rings. The second kappa shape index (κ2) is 15.7. The van der Waals surface area contributed by atoms with Crippen molar-refractivity contribution in [3.63, 3.8) is 0 Å². The molecule has 0 spiro atoms. The number of alkyl halides is 6. The van der Waals surface area contributed by atoms with Gasteiger partial charge in [0.15, 0.2) is 0 Å². The zero-order valence-electron chi connectivity index (χ0n) is 30.7. The summed E-state index contributed by atoms with van der Waals surface area (Å²) in [5.41, 5.74) is -3.47. The Bertz CT molecular complexity index is 1620. The van der Waals surface area contributed by atoms with E-state index in [1.54, 1.807) is 25.7 Å². The van der Waals surface area contributed by atoms with Crippen LogP contribution in [0.15, 0.2) is 48.5 Å². The minimum atomic E-state index is -5.06. The van der Waals surface area contributed by atoms with Gasteiger partial charge in [0.2, 0.25) is 5.91 Å². The first kappa shape index (κ1) is 39.8. The molecule has 10 nitrogen and oxygen atoms in total. The fourth-order valence-corrected chi connectivity index (χ4v) is 7.96. The molecular formula is C38H47F6N5O5. The van der Waals surface area contributed by atoms with Gasteiger partial charge in [-0.1, -0.05) is 30.3 Å². The summed E-state index contributed by atoms with van der Waals surface area (Å²) < 4.78 is 87.1. The van der Waals surface area contributed by atoms with Gasteiger partial charge in [-0.05, 0) is 76.6 Å². The molecular weight excluding hydrogens is 720 g/mol. The average Bonchev–Trinajstić information content (AvgIpc) is 3.54. The minimum Gasteiger partial charge on any atom is -0.427 e. The van der Waals surface area contributed by atoms with Crippen molar-refractivity contribution < 1.29 is 50.3 Å². The predicted molar refractivity (Wildman–Crippen MR) is 185 cm³/mol. The van der Waals surface area contributed by atoms with Gasteiger partial charge < -0.3 is 19.4 Å². The van der Waals surface area contributed by atoms with Crippen LogP contribution in [0.3, 0.4) is 0 Å². The van der Waals surface area contributed by atoms with E-state index in [-0.39, 0.29) is 30.6 Å². The van der Waals surface area contributed by atoms with Crippen LogP contribution in [-0.2, 0) is 33.1 Å². The SMILES string of the molecule is CC(C)(C)OC(=O)ON1CCC[C@@H]1C(=O)N1CC(N2CCN([C@H]3CCN(C(=O)c4cc(C(F)(F)F)cc(C(F)(F)F)c4)[C@H](Cc4ccccc4)C3)CC2)C1. The molecule has 0 N–H and O–H groups in total. The van der Waals surface area contributed by atoms with E-state index in [0.717, 1.165) is 38.2 Å². The Morgan fingerprint density at radius 3 is 1.93 bits per heavy atom. The zero-order chi connectivity index (χ0) is 39.0. The quantitative estimate of drug-likeness (QED) is 0.247. The fraction of sp³-hybridized carbons (Fsp3) is 0.605. The van der Waals surface area contributed by atoms with E-state index in [2.05, 4.69) is 9.80 Å². The number of piperazine rings is 1. The third-order valence-corrected chi connectivity index (χ3v) is 10.7. The number of carbonyl (C=O) groups is 3. The van der Waals surface area contributed by atoms with Crippen molar-refractivity contribution in [2.75, 3.05) is 52.4 Å². The van der Waals surface area contributed by atoms with Crippen molar-refractivity contribution in [1.29, 1.82) is 0 Å². The highest BCUT2D eigenvalue weighted by molar-refractivity contribution is 5.95. The highest BCUT2D eigenvalue weighted by Crippen LogP contribution is 2.37. The summed E-state index contributed by atoms with van der Waals surface area (Å²) in [6.45, 7) is 10.0. The number of rotatable bonds is 7. The Labute approximate surface area is 310 Å². The zero-order valence-corrected chi connectivity index (χ0v) is 30.7. The summed E-state index contributed by atoms with van der Waals surface area (Å²) >= 11 is 0. The molecule has 54 heavy (non-hydrogen) atoms. The van der Waals surface area contributed by atoms with E-state index in [0.29, 0.717) is 57.5 Å². The van der Waals surface area contributed by atoms with Gasteiger partial charge in [0.25, 0.3) is 5.91 Å². The van der Waals surface area contributed by atoms with E-state index >= 15 is 0 Å². The van der Waals surface area contributed by atoms with Crippen molar-refractivity contribution in [3.8, 4) is 0 Å². The number of hydroxylamine groups is 2. The summed E-state index contributed by atoms with van der Waals surface area (Å²) in [6.07, 6.45) is -8.19. The van der Waals surface area contributed by atoms with Crippen LogP contribution in [0, 0.1) is 0 Å². The lowest BCUT2D eigenvalue weighted by atomic mass is 9.90. The number of benzene rings is 2. The maximum absolute atomic E-state index is 13.8. The topological polar surface area (TPSA) is 85.9 Å². The lowest BCUT2D eigenvalue weighted by Crippen LogP contribution is -2.66. The third-order valence-electron chi connectivity index (χ3n) is 10.7. The second-order valence-corrected chi connectivity index (χ2v) is 15.6. The fourth-order valence-electron chi connectivity index (χ4n) is 7.96. The van der Waals surface area contributed by atoms with E-state index in [4.69, 9.17) is 9.57 Å². The van der Waals surface area contributed by atoms with Gasteiger partial charge in [-0.25, -0.2) is 4.79 Å². The Kier molecular flexibility index (Phi) is 11.6. The van der Waals surface area contributed by atoms with Crippen molar-refractivity contribution in [1.82, 2.24) is 24.7 Å². The monoisotopic (exact) mass is 767 g/mol. The average molecular weight is 768 g/mol. The minimum absolute atomic E-state index is 0.0379. The number of ether oxygens (including phenoxy) is 1. The van der Waals surface area contributed by atoms with Crippen LogP contribution in [0.4, 0.5) is 31.1 Å². The first-order chi connectivity index (χ1) is 25.4. The maximum Gasteiger partial charge on any atom is 0.528 e. The number of halogens is 6. The number of nitrogens with zero attached hydrogens (tertiary/aromatic N) is 5. The number of amides is 2. The molecule has 16 heteroatoms. The van der Waals surface area contributed by atoms with Crippen LogP contribution >= 0.6 is 0 Å². The largest absolute Gasteiger partial charge is 0.528 e. The maximum atomic E-state index is 13.8. The van der Waals surface area contributed by atoms with Gasteiger partial charge >= 0.3 is 18.5 Å². The van der Waals surface area contributed by atoms with Gasteiger partial charge in [-0.15, -0.1) is 5.06 Å².